The predicted molar refractivity (Wildman–Crippen MR) is 57.9 cm³/mol. The fourth-order valence-corrected chi connectivity index (χ4v) is 2.50. The molecule has 0 bridgehead atoms. The lowest BCUT2D eigenvalue weighted by atomic mass is 10.7. The van der Waals surface area contributed by atoms with E-state index < -0.39 is 36.0 Å². The first-order valence-corrected chi connectivity index (χ1v) is 7.82. The molecule has 10 nitrogen and oxygen atoms in total. The number of nitrogens with one attached hydrogen (secondary N) is 1. The summed E-state index contributed by atoms with van der Waals surface area (Å²) in [5.74, 6) is -1.90. The molecule has 1 rings (SSSR count). The largest absolute Gasteiger partial charge is 0.300 e. The van der Waals surface area contributed by atoms with Gasteiger partial charge in [-0.05, 0) is 0 Å². The van der Waals surface area contributed by atoms with Crippen molar-refractivity contribution >= 4 is 42.4 Å². The zero-order valence-corrected chi connectivity index (χ0v) is 10.5. The van der Waals surface area contributed by atoms with Crippen molar-refractivity contribution in [2.24, 2.45) is 10.3 Å². The summed E-state index contributed by atoms with van der Waals surface area (Å²) in [7, 11) is -7.97. The Hall–Kier alpha value is -1.15. The fourth-order valence-electron chi connectivity index (χ4n) is 0.713. The number of hydrogen-bond acceptors (Lipinski definition) is 8. The Balaban J connectivity index is 2.78. The van der Waals surface area contributed by atoms with Gasteiger partial charge in [0, 0.05) is 0 Å². The molecule has 1 aromatic rings. The second-order valence-corrected chi connectivity index (χ2v) is 7.10. The first-order chi connectivity index (χ1) is 7.58. The van der Waals surface area contributed by atoms with Crippen LogP contribution >= 0.6 is 11.3 Å². The average Bonchev–Trinajstić information content (AvgIpc) is 2.47. The Labute approximate surface area is 100 Å². The summed E-state index contributed by atoms with van der Waals surface area (Å²) in [6.45, 7) is 0. The molecule has 0 radical (unpaired) electrons. The minimum Gasteiger partial charge on any atom is -0.300 e. The molecule has 1 heterocycles. The van der Waals surface area contributed by atoms with Gasteiger partial charge in [-0.25, -0.2) is 27.1 Å². The van der Waals surface area contributed by atoms with E-state index in [1.54, 1.807) is 0 Å². The van der Waals surface area contributed by atoms with Crippen molar-refractivity contribution in [3.63, 3.8) is 0 Å². The Morgan fingerprint density at radius 3 is 2.24 bits per heavy atom. The number of nitrogens with two attached hydrogens (primary N) is 2. The number of primary sulfonamides is 2. The molecule has 0 spiro atoms. The smallest absolute Gasteiger partial charge is 0.267 e. The molecule has 0 fully saturated rings. The number of hydrogen-bond donors (Lipinski definition) is 3. The second-order valence-electron chi connectivity index (χ2n) is 2.77. The van der Waals surface area contributed by atoms with Crippen molar-refractivity contribution in [3.05, 3.63) is 0 Å². The number of anilines is 1. The van der Waals surface area contributed by atoms with E-state index in [1.165, 1.54) is 0 Å². The lowest BCUT2D eigenvalue weighted by Gasteiger charge is -1.97. The van der Waals surface area contributed by atoms with Crippen molar-refractivity contribution in [3.8, 4) is 0 Å². The first kappa shape index (κ1) is 13.9. The van der Waals surface area contributed by atoms with E-state index in [0.717, 1.165) is 0 Å². The third-order valence-corrected chi connectivity index (χ3v) is 4.04. The molecule has 0 aromatic carbocycles. The molecule has 5 N–H and O–H groups in total. The van der Waals surface area contributed by atoms with Crippen LogP contribution in [0.3, 0.4) is 0 Å². The number of rotatable bonds is 4. The number of nitrogens with zero attached hydrogens (tertiary/aromatic N) is 2. The molecule has 13 heteroatoms. The molecule has 96 valence electrons. The summed E-state index contributed by atoms with van der Waals surface area (Å²) in [4.78, 5) is 11.1. The van der Waals surface area contributed by atoms with E-state index in [0.29, 0.717) is 11.3 Å². The van der Waals surface area contributed by atoms with Gasteiger partial charge in [0.1, 0.15) is 5.75 Å². The van der Waals surface area contributed by atoms with E-state index in [4.69, 9.17) is 5.14 Å². The highest BCUT2D eigenvalue weighted by atomic mass is 32.2. The number of sulfonamides is 2. The number of carbonyl (C=O) groups is 1. The van der Waals surface area contributed by atoms with Crippen LogP contribution in [0.15, 0.2) is 4.34 Å². The zero-order valence-electron chi connectivity index (χ0n) is 8.02. The topological polar surface area (TPSA) is 175 Å². The molecule has 0 aliphatic heterocycles. The SMILES string of the molecule is NS(=O)(=O)CC(=O)Nc1nnc(S(N)(=O)=O)s1. The minimum absolute atomic E-state index is 0.192. The highest BCUT2D eigenvalue weighted by Crippen LogP contribution is 2.18. The number of amides is 1. The lowest BCUT2D eigenvalue weighted by Crippen LogP contribution is -2.27. The summed E-state index contributed by atoms with van der Waals surface area (Å²) in [5.41, 5.74) is 0. The zero-order chi connectivity index (χ0) is 13.3. The minimum atomic E-state index is -4.00. The summed E-state index contributed by atoms with van der Waals surface area (Å²) < 4.78 is 42.3. The van der Waals surface area contributed by atoms with Crippen molar-refractivity contribution in [1.82, 2.24) is 10.2 Å². The Morgan fingerprint density at radius 1 is 1.24 bits per heavy atom. The van der Waals surface area contributed by atoms with E-state index in [-0.39, 0.29) is 5.13 Å². The molecule has 1 aromatic heterocycles. The monoisotopic (exact) mass is 301 g/mol. The molecule has 0 saturated heterocycles. The van der Waals surface area contributed by atoms with Gasteiger partial charge in [-0.15, -0.1) is 10.2 Å². The van der Waals surface area contributed by atoms with Crippen LogP contribution in [-0.4, -0.2) is 38.7 Å². The van der Waals surface area contributed by atoms with Gasteiger partial charge in [0.15, 0.2) is 0 Å². The van der Waals surface area contributed by atoms with Gasteiger partial charge in [0.2, 0.25) is 25.4 Å². The van der Waals surface area contributed by atoms with Gasteiger partial charge in [0.25, 0.3) is 10.0 Å². The highest BCUT2D eigenvalue weighted by Gasteiger charge is 2.18. The van der Waals surface area contributed by atoms with Crippen molar-refractivity contribution < 1.29 is 21.6 Å². The van der Waals surface area contributed by atoms with E-state index in [2.05, 4.69) is 15.3 Å². The Kier molecular flexibility index (Phi) is 3.78. The van der Waals surface area contributed by atoms with Gasteiger partial charge in [-0.3, -0.25) is 10.1 Å². The van der Waals surface area contributed by atoms with Crippen LogP contribution in [0.4, 0.5) is 5.13 Å². The average molecular weight is 301 g/mol. The third-order valence-electron chi connectivity index (χ3n) is 1.23. The van der Waals surface area contributed by atoms with Crippen LogP contribution in [0.25, 0.3) is 0 Å². The maximum atomic E-state index is 11.1. The molecule has 0 atom stereocenters. The van der Waals surface area contributed by atoms with E-state index in [1.807, 2.05) is 5.32 Å². The predicted octanol–water partition coefficient (Wildman–Crippen LogP) is -2.59. The van der Waals surface area contributed by atoms with Gasteiger partial charge in [0.05, 0.1) is 0 Å². The number of aromatic nitrogens is 2. The van der Waals surface area contributed by atoms with E-state index in [9.17, 15) is 21.6 Å². The lowest BCUT2D eigenvalue weighted by molar-refractivity contribution is -0.113. The van der Waals surface area contributed by atoms with Crippen LogP contribution in [0.2, 0.25) is 0 Å². The molecule has 0 unspecified atom stereocenters. The van der Waals surface area contributed by atoms with Gasteiger partial charge in [-0.1, -0.05) is 11.3 Å². The fraction of sp³-hybridized carbons (Fsp3) is 0.250. The van der Waals surface area contributed by atoms with Crippen LogP contribution in [0, 0.1) is 0 Å². The standard InChI is InChI=1S/C4H7N5O5S3/c5-16(11,12)1-2(10)7-3-8-9-4(15-3)17(6,13)14/h1H2,(H2,5,11,12)(H2,6,13,14)(H,7,8,10). The summed E-state index contributed by atoms with van der Waals surface area (Å²) in [6.07, 6.45) is 0. The second kappa shape index (κ2) is 4.61. The molecular weight excluding hydrogens is 294 g/mol. The summed E-state index contributed by atoms with van der Waals surface area (Å²) in [5, 5.41) is 17.7. The maximum Gasteiger partial charge on any atom is 0.267 e. The molecule has 0 aliphatic carbocycles. The molecule has 17 heavy (non-hydrogen) atoms. The van der Waals surface area contributed by atoms with Crippen LogP contribution < -0.4 is 15.6 Å². The van der Waals surface area contributed by atoms with Gasteiger partial charge in [-0.2, -0.15) is 0 Å². The van der Waals surface area contributed by atoms with Crippen molar-refractivity contribution in [2.75, 3.05) is 11.1 Å². The molecule has 1 amide bonds. The van der Waals surface area contributed by atoms with Crippen LogP contribution in [0.5, 0.6) is 0 Å². The molecule has 0 saturated carbocycles. The Bertz CT molecular complexity index is 630. The third kappa shape index (κ3) is 4.70. The van der Waals surface area contributed by atoms with E-state index >= 15 is 0 Å². The number of carbonyl (C=O) groups excluding carboxylic acids is 1. The van der Waals surface area contributed by atoms with Gasteiger partial charge < -0.3 is 0 Å². The quantitative estimate of drug-likeness (QED) is 0.511. The first-order valence-electron chi connectivity index (χ1n) is 3.74. The normalized spacial score (nSPS) is 12.4. The molecule has 0 aliphatic rings. The highest BCUT2D eigenvalue weighted by molar-refractivity contribution is 7.91. The van der Waals surface area contributed by atoms with Crippen molar-refractivity contribution in [1.29, 1.82) is 0 Å². The molecular formula is C4H7N5O5S3. The van der Waals surface area contributed by atoms with Crippen LogP contribution in [0.1, 0.15) is 0 Å². The van der Waals surface area contributed by atoms with Crippen LogP contribution in [-0.2, 0) is 24.8 Å². The van der Waals surface area contributed by atoms with Gasteiger partial charge >= 0.3 is 0 Å². The maximum absolute atomic E-state index is 11.1. The summed E-state index contributed by atoms with van der Waals surface area (Å²) >= 11 is 0.491. The summed E-state index contributed by atoms with van der Waals surface area (Å²) in [6, 6.07) is 0. The Morgan fingerprint density at radius 2 is 1.82 bits per heavy atom. The van der Waals surface area contributed by atoms with Crippen molar-refractivity contribution in [2.45, 2.75) is 4.34 Å².